The van der Waals surface area contributed by atoms with Crippen LogP contribution in [0.5, 0.6) is 0 Å². The molecule has 0 amide bonds. The van der Waals surface area contributed by atoms with Crippen molar-refractivity contribution in [2.75, 3.05) is 12.3 Å². The number of carbonyl (C=O) groups excluding carboxylic acids is 2. The standard InChI is InChI=1S/C25H24N4O5S/c1-15(2)13-29-22(27)21(23(31)28(3)25(29)33)18(30)14-34-24(32)17-9-5-7-11-20(17)35-19-10-6-4-8-16(19)12-26/h4-11,15H,13-14,27H2,1-3H3. The number of nitrogens with two attached hydrogens (primary N) is 1. The molecule has 2 aromatic carbocycles. The smallest absolute Gasteiger partial charge is 0.339 e. The summed E-state index contributed by atoms with van der Waals surface area (Å²) in [5.41, 5.74) is 4.80. The van der Waals surface area contributed by atoms with E-state index in [0.717, 1.165) is 4.57 Å². The van der Waals surface area contributed by atoms with Crippen molar-refractivity contribution in [2.45, 2.75) is 30.2 Å². The molecule has 0 spiro atoms. The van der Waals surface area contributed by atoms with E-state index in [2.05, 4.69) is 6.07 Å². The number of rotatable bonds is 8. The van der Waals surface area contributed by atoms with Crippen LogP contribution in [0.4, 0.5) is 5.82 Å². The van der Waals surface area contributed by atoms with Gasteiger partial charge >= 0.3 is 11.7 Å². The highest BCUT2D eigenvalue weighted by molar-refractivity contribution is 7.99. The van der Waals surface area contributed by atoms with Gasteiger partial charge in [-0.3, -0.25) is 18.7 Å². The molecule has 0 aliphatic heterocycles. The van der Waals surface area contributed by atoms with Gasteiger partial charge in [0.2, 0.25) is 5.78 Å². The van der Waals surface area contributed by atoms with Gasteiger partial charge < -0.3 is 10.5 Å². The van der Waals surface area contributed by atoms with Crippen molar-refractivity contribution >= 4 is 29.3 Å². The van der Waals surface area contributed by atoms with Crippen molar-refractivity contribution in [1.29, 1.82) is 5.26 Å². The normalized spacial score (nSPS) is 10.7. The average Bonchev–Trinajstić information content (AvgIpc) is 2.84. The molecule has 3 rings (SSSR count). The topological polar surface area (TPSA) is 137 Å². The minimum Gasteiger partial charge on any atom is -0.454 e. The summed E-state index contributed by atoms with van der Waals surface area (Å²) in [6.45, 7) is 3.22. The Balaban J connectivity index is 1.85. The number of hydrogen-bond donors (Lipinski definition) is 1. The van der Waals surface area contributed by atoms with Crippen LogP contribution in [0.25, 0.3) is 0 Å². The van der Waals surface area contributed by atoms with Gasteiger partial charge in [-0.05, 0) is 30.2 Å². The van der Waals surface area contributed by atoms with E-state index in [1.54, 1.807) is 48.5 Å². The summed E-state index contributed by atoms with van der Waals surface area (Å²) >= 11 is 1.22. The number of nitrogens with zero attached hydrogens (tertiary/aromatic N) is 3. The molecule has 10 heteroatoms. The minimum absolute atomic E-state index is 0.0356. The summed E-state index contributed by atoms with van der Waals surface area (Å²) in [7, 11) is 1.26. The van der Waals surface area contributed by atoms with E-state index >= 15 is 0 Å². The Bertz CT molecular complexity index is 1450. The number of hydrogen-bond acceptors (Lipinski definition) is 8. The minimum atomic E-state index is -0.849. The van der Waals surface area contributed by atoms with Crippen LogP contribution >= 0.6 is 11.8 Å². The van der Waals surface area contributed by atoms with E-state index in [9.17, 15) is 24.4 Å². The van der Waals surface area contributed by atoms with Gasteiger partial charge in [0.15, 0.2) is 6.61 Å². The first-order chi connectivity index (χ1) is 16.6. The third-order valence-corrected chi connectivity index (χ3v) is 6.23. The van der Waals surface area contributed by atoms with Crippen molar-refractivity contribution in [3.05, 3.63) is 86.1 Å². The molecular formula is C25H24N4O5S. The molecule has 0 saturated heterocycles. The van der Waals surface area contributed by atoms with Crippen LogP contribution in [0.2, 0.25) is 0 Å². The molecule has 3 aromatic rings. The van der Waals surface area contributed by atoms with E-state index < -0.39 is 35.2 Å². The van der Waals surface area contributed by atoms with Crippen LogP contribution in [0.1, 0.15) is 40.1 Å². The number of nitrogen functional groups attached to an aromatic ring is 1. The molecule has 0 aliphatic rings. The number of carbonyl (C=O) groups is 2. The molecule has 0 bridgehead atoms. The summed E-state index contributed by atoms with van der Waals surface area (Å²) in [4.78, 5) is 51.9. The zero-order chi connectivity index (χ0) is 25.7. The molecule has 0 saturated carbocycles. The monoisotopic (exact) mass is 492 g/mol. The quantitative estimate of drug-likeness (QED) is 0.374. The number of nitriles is 1. The first-order valence-electron chi connectivity index (χ1n) is 10.7. The van der Waals surface area contributed by atoms with E-state index in [-0.39, 0.29) is 23.8 Å². The lowest BCUT2D eigenvalue weighted by Gasteiger charge is -2.16. The fourth-order valence-corrected chi connectivity index (χ4v) is 4.37. The van der Waals surface area contributed by atoms with Crippen LogP contribution in [0.15, 0.2) is 67.9 Å². The Morgan fingerprint density at radius 2 is 1.71 bits per heavy atom. The van der Waals surface area contributed by atoms with Gasteiger partial charge in [-0.1, -0.05) is 49.9 Å². The fourth-order valence-electron chi connectivity index (χ4n) is 3.36. The molecule has 1 heterocycles. The summed E-state index contributed by atoms with van der Waals surface area (Å²) in [5, 5.41) is 9.33. The maximum Gasteiger partial charge on any atom is 0.339 e. The highest BCUT2D eigenvalue weighted by Gasteiger charge is 2.24. The summed E-state index contributed by atoms with van der Waals surface area (Å²) in [5.74, 6) is -1.80. The molecule has 0 unspecified atom stereocenters. The van der Waals surface area contributed by atoms with Gasteiger partial charge in [-0.15, -0.1) is 0 Å². The zero-order valence-electron chi connectivity index (χ0n) is 19.5. The third kappa shape index (κ3) is 5.53. The fraction of sp³-hybridized carbons (Fsp3) is 0.240. The summed E-state index contributed by atoms with van der Waals surface area (Å²) in [6, 6.07) is 15.7. The lowest BCUT2D eigenvalue weighted by atomic mass is 10.1. The molecule has 1 aromatic heterocycles. The van der Waals surface area contributed by atoms with Crippen molar-refractivity contribution < 1.29 is 14.3 Å². The Hall–Kier alpha value is -4.10. The molecule has 0 radical (unpaired) electrons. The molecule has 0 fully saturated rings. The maximum absolute atomic E-state index is 12.9. The van der Waals surface area contributed by atoms with Crippen molar-refractivity contribution in [3.8, 4) is 6.07 Å². The number of aromatic nitrogens is 2. The second kappa shape index (κ2) is 10.9. The van der Waals surface area contributed by atoms with Crippen molar-refractivity contribution in [1.82, 2.24) is 9.13 Å². The van der Waals surface area contributed by atoms with Crippen molar-refractivity contribution in [3.63, 3.8) is 0 Å². The van der Waals surface area contributed by atoms with Gasteiger partial charge in [0.05, 0.1) is 11.1 Å². The zero-order valence-corrected chi connectivity index (χ0v) is 20.3. The number of anilines is 1. The highest BCUT2D eigenvalue weighted by Crippen LogP contribution is 2.32. The van der Waals surface area contributed by atoms with E-state index in [4.69, 9.17) is 10.5 Å². The van der Waals surface area contributed by atoms with E-state index in [1.807, 2.05) is 13.8 Å². The second-order valence-electron chi connectivity index (χ2n) is 8.12. The summed E-state index contributed by atoms with van der Waals surface area (Å²) in [6.07, 6.45) is 0. The largest absolute Gasteiger partial charge is 0.454 e. The predicted molar refractivity (Wildman–Crippen MR) is 132 cm³/mol. The molecule has 0 atom stereocenters. The van der Waals surface area contributed by atoms with Crippen LogP contribution < -0.4 is 17.0 Å². The highest BCUT2D eigenvalue weighted by atomic mass is 32.2. The first kappa shape index (κ1) is 25.5. The average molecular weight is 493 g/mol. The van der Waals surface area contributed by atoms with Gasteiger partial charge in [-0.25, -0.2) is 9.59 Å². The van der Waals surface area contributed by atoms with Crippen LogP contribution in [0, 0.1) is 17.2 Å². The van der Waals surface area contributed by atoms with E-state index in [1.165, 1.54) is 23.4 Å². The molecule has 0 aliphatic carbocycles. The molecule has 9 nitrogen and oxygen atoms in total. The van der Waals surface area contributed by atoms with E-state index in [0.29, 0.717) is 15.4 Å². The van der Waals surface area contributed by atoms with Gasteiger partial charge in [0, 0.05) is 23.4 Å². The first-order valence-corrected chi connectivity index (χ1v) is 11.5. The summed E-state index contributed by atoms with van der Waals surface area (Å²) < 4.78 is 7.20. The molecule has 2 N–H and O–H groups in total. The van der Waals surface area contributed by atoms with Crippen LogP contribution in [-0.2, 0) is 18.3 Å². The van der Waals surface area contributed by atoms with Crippen LogP contribution in [-0.4, -0.2) is 27.5 Å². The lowest BCUT2D eigenvalue weighted by molar-refractivity contribution is 0.0470. The number of ether oxygens (including phenoxy) is 1. The maximum atomic E-state index is 12.9. The van der Waals surface area contributed by atoms with Gasteiger partial charge in [0.25, 0.3) is 5.56 Å². The van der Waals surface area contributed by atoms with Gasteiger partial charge in [0.1, 0.15) is 17.5 Å². The Kier molecular flexibility index (Phi) is 7.94. The SMILES string of the molecule is CC(C)Cn1c(N)c(C(=O)COC(=O)c2ccccc2Sc2ccccc2C#N)c(=O)n(C)c1=O. The number of esters is 1. The van der Waals surface area contributed by atoms with Crippen LogP contribution in [0.3, 0.4) is 0 Å². The second-order valence-corrected chi connectivity index (χ2v) is 9.20. The molecular weight excluding hydrogens is 468 g/mol. The number of benzene rings is 2. The lowest BCUT2D eigenvalue weighted by Crippen LogP contribution is -2.43. The Labute approximate surface area is 205 Å². The Morgan fingerprint density at radius 3 is 2.37 bits per heavy atom. The van der Waals surface area contributed by atoms with Gasteiger partial charge in [-0.2, -0.15) is 5.26 Å². The Morgan fingerprint density at radius 1 is 1.09 bits per heavy atom. The molecule has 180 valence electrons. The number of ketones is 1. The predicted octanol–water partition coefficient (Wildman–Crippen LogP) is 2.85. The number of Topliss-reactive ketones (excluding diaryl/α,β-unsaturated/α-hetero) is 1. The van der Waals surface area contributed by atoms with Crippen molar-refractivity contribution in [2.24, 2.45) is 13.0 Å². The molecule has 35 heavy (non-hydrogen) atoms. The third-order valence-electron chi connectivity index (χ3n) is 5.08.